The fourth-order valence-electron chi connectivity index (χ4n) is 2.99. The second-order valence-electron chi connectivity index (χ2n) is 6.69. The van der Waals surface area contributed by atoms with Crippen LogP contribution in [-0.4, -0.2) is 5.54 Å². The Kier molecular flexibility index (Phi) is 4.18. The van der Waals surface area contributed by atoms with Gasteiger partial charge in [0.15, 0.2) is 0 Å². The molecule has 0 aromatic heterocycles. The molecule has 1 aliphatic carbocycles. The Morgan fingerprint density at radius 2 is 1.94 bits per heavy atom. The van der Waals surface area contributed by atoms with Gasteiger partial charge in [-0.2, -0.15) is 0 Å². The molecule has 100 valence electrons. The average molecular weight is 310 g/mol. The number of nitrogens with two attached hydrogens (primary N) is 1. The van der Waals surface area contributed by atoms with Gasteiger partial charge in [-0.15, -0.1) is 0 Å². The SMILES string of the molecule is CC1(C)CCCC(N)(Cc2cccc(Br)c2)CC1. The minimum absolute atomic E-state index is 0.00539. The summed E-state index contributed by atoms with van der Waals surface area (Å²) in [5, 5.41) is 0. The van der Waals surface area contributed by atoms with Crippen molar-refractivity contribution in [3.8, 4) is 0 Å². The normalized spacial score (nSPS) is 27.8. The van der Waals surface area contributed by atoms with Crippen LogP contribution in [0.3, 0.4) is 0 Å². The third-order valence-electron chi connectivity index (χ3n) is 4.27. The number of rotatable bonds is 2. The lowest BCUT2D eigenvalue weighted by Crippen LogP contribution is -2.41. The molecule has 1 aliphatic rings. The van der Waals surface area contributed by atoms with E-state index in [-0.39, 0.29) is 5.54 Å². The smallest absolute Gasteiger partial charge is 0.0195 e. The van der Waals surface area contributed by atoms with Crippen LogP contribution < -0.4 is 5.73 Å². The number of halogens is 1. The molecule has 0 saturated heterocycles. The van der Waals surface area contributed by atoms with Crippen molar-refractivity contribution in [3.63, 3.8) is 0 Å². The molecule has 1 unspecified atom stereocenters. The zero-order chi connectivity index (χ0) is 13.2. The third-order valence-corrected chi connectivity index (χ3v) is 4.77. The summed E-state index contributed by atoms with van der Waals surface area (Å²) in [6.45, 7) is 4.75. The second kappa shape index (κ2) is 5.34. The first kappa shape index (κ1) is 14.1. The fraction of sp³-hybridized carbons (Fsp3) is 0.625. The predicted octanol–water partition coefficient (Wildman–Crippen LogP) is 4.68. The molecule has 2 heteroatoms. The van der Waals surface area contributed by atoms with Gasteiger partial charge in [0.05, 0.1) is 0 Å². The third kappa shape index (κ3) is 3.83. The summed E-state index contributed by atoms with van der Waals surface area (Å²) in [5.41, 5.74) is 8.47. The van der Waals surface area contributed by atoms with E-state index in [1.54, 1.807) is 0 Å². The first-order valence-corrected chi connectivity index (χ1v) is 7.71. The van der Waals surface area contributed by atoms with Crippen molar-refractivity contribution in [3.05, 3.63) is 34.3 Å². The number of hydrogen-bond donors (Lipinski definition) is 1. The van der Waals surface area contributed by atoms with Crippen LogP contribution in [0.15, 0.2) is 28.7 Å². The Morgan fingerprint density at radius 3 is 2.67 bits per heavy atom. The molecule has 0 aliphatic heterocycles. The molecule has 2 N–H and O–H groups in total. The lowest BCUT2D eigenvalue weighted by Gasteiger charge is -2.29. The van der Waals surface area contributed by atoms with Crippen LogP contribution in [-0.2, 0) is 6.42 Å². The fourth-order valence-corrected chi connectivity index (χ4v) is 3.43. The maximum absolute atomic E-state index is 6.65. The zero-order valence-corrected chi connectivity index (χ0v) is 13.1. The van der Waals surface area contributed by atoms with Crippen molar-refractivity contribution in [1.29, 1.82) is 0 Å². The summed E-state index contributed by atoms with van der Waals surface area (Å²) < 4.78 is 1.15. The molecule has 1 aromatic rings. The maximum Gasteiger partial charge on any atom is 0.0195 e. The minimum Gasteiger partial charge on any atom is -0.325 e. The van der Waals surface area contributed by atoms with Crippen LogP contribution in [0.2, 0.25) is 0 Å². The average Bonchev–Trinajstić information content (AvgIpc) is 2.38. The van der Waals surface area contributed by atoms with Crippen molar-refractivity contribution < 1.29 is 0 Å². The Bertz CT molecular complexity index is 413. The Hall–Kier alpha value is -0.340. The van der Waals surface area contributed by atoms with Crippen LogP contribution in [0.4, 0.5) is 0 Å². The highest BCUT2D eigenvalue weighted by molar-refractivity contribution is 9.10. The first-order chi connectivity index (χ1) is 8.39. The number of hydrogen-bond acceptors (Lipinski definition) is 1. The van der Waals surface area contributed by atoms with Gasteiger partial charge in [0.25, 0.3) is 0 Å². The summed E-state index contributed by atoms with van der Waals surface area (Å²) in [4.78, 5) is 0. The molecule has 1 atom stereocenters. The van der Waals surface area contributed by atoms with Gasteiger partial charge in [-0.1, -0.05) is 48.3 Å². The molecular weight excluding hydrogens is 286 g/mol. The van der Waals surface area contributed by atoms with Crippen LogP contribution in [0.25, 0.3) is 0 Å². The van der Waals surface area contributed by atoms with Crippen molar-refractivity contribution in [2.75, 3.05) is 0 Å². The Labute approximate surface area is 119 Å². The van der Waals surface area contributed by atoms with Crippen LogP contribution in [0.5, 0.6) is 0 Å². The summed E-state index contributed by atoms with van der Waals surface area (Å²) in [5.74, 6) is 0. The molecule has 0 radical (unpaired) electrons. The summed E-state index contributed by atoms with van der Waals surface area (Å²) >= 11 is 3.54. The van der Waals surface area contributed by atoms with Crippen LogP contribution >= 0.6 is 15.9 Å². The molecule has 0 spiro atoms. The van der Waals surface area contributed by atoms with E-state index in [0.29, 0.717) is 5.41 Å². The Morgan fingerprint density at radius 1 is 1.17 bits per heavy atom. The highest BCUT2D eigenvalue weighted by Crippen LogP contribution is 2.38. The van der Waals surface area contributed by atoms with E-state index in [1.165, 1.54) is 24.8 Å². The quantitative estimate of drug-likeness (QED) is 0.789. The molecule has 0 bridgehead atoms. The van der Waals surface area contributed by atoms with Gasteiger partial charge >= 0.3 is 0 Å². The van der Waals surface area contributed by atoms with Crippen molar-refractivity contribution in [1.82, 2.24) is 0 Å². The molecule has 0 heterocycles. The first-order valence-electron chi connectivity index (χ1n) is 6.92. The van der Waals surface area contributed by atoms with E-state index >= 15 is 0 Å². The molecule has 1 fully saturated rings. The van der Waals surface area contributed by atoms with Gasteiger partial charge in [-0.25, -0.2) is 0 Å². The van der Waals surface area contributed by atoms with Gasteiger partial charge < -0.3 is 5.73 Å². The van der Waals surface area contributed by atoms with Gasteiger partial charge in [0.1, 0.15) is 0 Å². The van der Waals surface area contributed by atoms with E-state index in [9.17, 15) is 0 Å². The molecule has 1 saturated carbocycles. The number of benzene rings is 1. The van der Waals surface area contributed by atoms with Gasteiger partial charge in [-0.05, 0) is 55.2 Å². The van der Waals surface area contributed by atoms with Crippen LogP contribution in [0.1, 0.15) is 51.5 Å². The van der Waals surface area contributed by atoms with E-state index in [2.05, 4.69) is 54.0 Å². The molecule has 1 nitrogen and oxygen atoms in total. The molecule has 18 heavy (non-hydrogen) atoms. The van der Waals surface area contributed by atoms with Gasteiger partial charge in [0, 0.05) is 10.0 Å². The molecule has 0 amide bonds. The molecule has 1 aromatic carbocycles. The summed E-state index contributed by atoms with van der Waals surface area (Å²) in [6, 6.07) is 8.56. The van der Waals surface area contributed by atoms with Crippen molar-refractivity contribution >= 4 is 15.9 Å². The zero-order valence-electron chi connectivity index (χ0n) is 11.5. The van der Waals surface area contributed by atoms with Crippen molar-refractivity contribution in [2.24, 2.45) is 11.1 Å². The van der Waals surface area contributed by atoms with Crippen LogP contribution in [0, 0.1) is 5.41 Å². The van der Waals surface area contributed by atoms with E-state index in [4.69, 9.17) is 5.73 Å². The largest absolute Gasteiger partial charge is 0.325 e. The lowest BCUT2D eigenvalue weighted by atomic mass is 9.82. The summed E-state index contributed by atoms with van der Waals surface area (Å²) in [6.07, 6.45) is 7.12. The molecule has 2 rings (SSSR count). The predicted molar refractivity (Wildman–Crippen MR) is 81.6 cm³/mol. The Balaban J connectivity index is 2.07. The van der Waals surface area contributed by atoms with E-state index in [0.717, 1.165) is 23.7 Å². The van der Waals surface area contributed by atoms with E-state index < -0.39 is 0 Å². The second-order valence-corrected chi connectivity index (χ2v) is 7.60. The van der Waals surface area contributed by atoms with E-state index in [1.807, 2.05) is 0 Å². The standard InChI is InChI=1S/C16H24BrN/c1-15(2)7-4-8-16(18,10-9-15)12-13-5-3-6-14(17)11-13/h3,5-6,11H,4,7-10,12,18H2,1-2H3. The summed E-state index contributed by atoms with van der Waals surface area (Å²) in [7, 11) is 0. The van der Waals surface area contributed by atoms with Gasteiger partial charge in [-0.3, -0.25) is 0 Å². The maximum atomic E-state index is 6.65. The van der Waals surface area contributed by atoms with Crippen molar-refractivity contribution in [2.45, 2.75) is 57.9 Å². The monoisotopic (exact) mass is 309 g/mol. The highest BCUT2D eigenvalue weighted by Gasteiger charge is 2.32. The lowest BCUT2D eigenvalue weighted by molar-refractivity contribution is 0.297. The molecular formula is C16H24BrN. The minimum atomic E-state index is -0.00539. The highest BCUT2D eigenvalue weighted by atomic mass is 79.9. The van der Waals surface area contributed by atoms with Gasteiger partial charge in [0.2, 0.25) is 0 Å². The topological polar surface area (TPSA) is 26.0 Å².